The Hall–Kier alpha value is -3.17. The van der Waals surface area contributed by atoms with E-state index < -0.39 is 26.0 Å². The molecule has 0 amide bonds. The van der Waals surface area contributed by atoms with Crippen LogP contribution < -0.4 is 10.4 Å². The zero-order valence-corrected chi connectivity index (χ0v) is 36.8. The number of ketones is 1. The molecular formula is C43H68O16Si. The summed E-state index contributed by atoms with van der Waals surface area (Å²) in [5.74, 6) is -3.24. The van der Waals surface area contributed by atoms with Crippen LogP contribution in [0.5, 0.6) is 0 Å². The Bertz CT molecular complexity index is 1320. The maximum absolute atomic E-state index is 11.4. The fourth-order valence-corrected chi connectivity index (χ4v) is 10.3. The molecule has 60 heavy (non-hydrogen) atoms. The van der Waals surface area contributed by atoms with Gasteiger partial charge in [-0.1, -0.05) is 81.4 Å². The van der Waals surface area contributed by atoms with Gasteiger partial charge in [0.25, 0.3) is 8.32 Å². The second-order valence-corrected chi connectivity index (χ2v) is 18.4. The third-order valence-electron chi connectivity index (χ3n) is 8.60. The van der Waals surface area contributed by atoms with E-state index in [9.17, 15) is 14.4 Å². The fraction of sp³-hybridized carbons (Fsp3) is 0.651. The normalized spacial score (nSPS) is 11.8. The van der Waals surface area contributed by atoms with Crippen molar-refractivity contribution in [3.05, 3.63) is 60.7 Å². The van der Waals surface area contributed by atoms with Gasteiger partial charge in [0.05, 0.1) is 145 Å². The minimum atomic E-state index is -2.55. The summed E-state index contributed by atoms with van der Waals surface area (Å²) in [6, 6.07) is 21.2. The summed E-state index contributed by atoms with van der Waals surface area (Å²) in [5.41, 5.74) is 0. The van der Waals surface area contributed by atoms with Crippen LogP contribution in [0, 0.1) is 0 Å². The molecule has 2 aromatic rings. The predicted molar refractivity (Wildman–Crippen MR) is 225 cm³/mol. The lowest BCUT2D eigenvalue weighted by Crippen LogP contribution is -2.66. The van der Waals surface area contributed by atoms with E-state index in [1.54, 1.807) is 0 Å². The largest absolute Gasteiger partial charge is 0.476 e. The van der Waals surface area contributed by atoms with Gasteiger partial charge in [0.2, 0.25) is 5.78 Å². The van der Waals surface area contributed by atoms with Crippen molar-refractivity contribution in [2.45, 2.75) is 38.7 Å². The van der Waals surface area contributed by atoms with E-state index in [4.69, 9.17) is 61.6 Å². The van der Waals surface area contributed by atoms with Crippen LogP contribution in [0.4, 0.5) is 0 Å². The molecule has 340 valence electrons. The molecule has 17 heteroatoms. The number of ether oxygens (including phenoxy) is 11. The van der Waals surface area contributed by atoms with Gasteiger partial charge >= 0.3 is 11.9 Å². The second-order valence-electron chi connectivity index (χ2n) is 14.1. The number of hydrogen-bond donors (Lipinski definition) is 1. The van der Waals surface area contributed by atoms with Crippen LogP contribution in [-0.4, -0.2) is 176 Å². The van der Waals surface area contributed by atoms with Gasteiger partial charge in [0, 0.05) is 6.42 Å². The Kier molecular flexibility index (Phi) is 30.4. The van der Waals surface area contributed by atoms with E-state index in [1.165, 1.54) is 10.4 Å². The summed E-state index contributed by atoms with van der Waals surface area (Å²) in [4.78, 5) is 32.7. The van der Waals surface area contributed by atoms with Crippen LogP contribution in [0.15, 0.2) is 60.7 Å². The number of rotatable bonds is 40. The minimum absolute atomic E-state index is 0.0108. The average molecular weight is 869 g/mol. The monoisotopic (exact) mass is 868 g/mol. The Morgan fingerprint density at radius 1 is 0.433 bits per heavy atom. The molecule has 16 nitrogen and oxygen atoms in total. The highest BCUT2D eigenvalue weighted by atomic mass is 28.4. The standard InChI is InChI=1S/C43H68O16Si/c1-43(2,3)60(38-10-6-4-7-11-38,39-12-8-5-9-13-39)59-37-35-57-33-31-55-29-27-53-25-23-51-21-19-49-17-16-48-18-20-50-22-24-52-26-28-54-30-32-56-34-36-58-41(45)15-14-40(44)42(46)47/h4-13H,14-37H2,1-3H3,(H,46,47). The van der Waals surface area contributed by atoms with Gasteiger partial charge in [-0.2, -0.15) is 0 Å². The van der Waals surface area contributed by atoms with Gasteiger partial charge in [0.15, 0.2) is 0 Å². The quantitative estimate of drug-likeness (QED) is 0.0447. The van der Waals surface area contributed by atoms with Crippen LogP contribution in [0.2, 0.25) is 5.04 Å². The molecule has 0 bridgehead atoms. The zero-order valence-electron chi connectivity index (χ0n) is 35.8. The predicted octanol–water partition coefficient (Wildman–Crippen LogP) is 2.71. The van der Waals surface area contributed by atoms with Gasteiger partial charge in [-0.3, -0.25) is 9.59 Å². The number of carbonyl (C=O) groups excluding carboxylic acids is 2. The molecule has 1 N–H and O–H groups in total. The average Bonchev–Trinajstić information content (AvgIpc) is 3.24. The lowest BCUT2D eigenvalue weighted by Gasteiger charge is -2.43. The maximum atomic E-state index is 11.4. The van der Waals surface area contributed by atoms with E-state index >= 15 is 0 Å². The number of carbonyl (C=O) groups is 3. The van der Waals surface area contributed by atoms with Gasteiger partial charge in [0.1, 0.15) is 6.61 Å². The molecule has 0 unspecified atom stereocenters. The van der Waals surface area contributed by atoms with Gasteiger partial charge in [-0.15, -0.1) is 0 Å². The molecule has 0 fully saturated rings. The summed E-state index contributed by atoms with van der Waals surface area (Å²) in [6.45, 7) is 16.0. The molecule has 2 aromatic carbocycles. The molecule has 0 aromatic heterocycles. The fourth-order valence-electron chi connectivity index (χ4n) is 5.71. The topological polar surface area (TPSA) is 182 Å². The smallest absolute Gasteiger partial charge is 0.372 e. The molecule has 0 spiro atoms. The van der Waals surface area contributed by atoms with Gasteiger partial charge in [-0.05, 0) is 15.4 Å². The first kappa shape index (κ1) is 53.0. The van der Waals surface area contributed by atoms with Crippen LogP contribution in [0.1, 0.15) is 33.6 Å². The van der Waals surface area contributed by atoms with Gasteiger partial charge < -0.3 is 61.6 Å². The number of esters is 1. The minimum Gasteiger partial charge on any atom is -0.476 e. The molecule has 0 heterocycles. The second kappa shape index (κ2) is 34.4. The lowest BCUT2D eigenvalue weighted by molar-refractivity contribution is -0.151. The Balaban J connectivity index is 1.27. The SMILES string of the molecule is CC(C)(C)[Si](OCCOCCOCCOCCOCCOCCOCCOCCOCCOCCOCCOC(=O)CCC(=O)C(=O)O)(c1ccccc1)c1ccccc1. The summed E-state index contributed by atoms with van der Waals surface area (Å²) < 4.78 is 66.9. The molecule has 0 saturated heterocycles. The third kappa shape index (κ3) is 24.3. The van der Waals surface area contributed by atoms with Crippen molar-refractivity contribution in [3.63, 3.8) is 0 Å². The maximum Gasteiger partial charge on any atom is 0.372 e. The number of hydrogen-bond acceptors (Lipinski definition) is 15. The molecule has 0 aliphatic rings. The van der Waals surface area contributed by atoms with Gasteiger partial charge in [-0.25, -0.2) is 4.79 Å². The molecule has 0 radical (unpaired) electrons. The number of benzene rings is 2. The highest BCUT2D eigenvalue weighted by Gasteiger charge is 2.50. The molecule has 0 saturated carbocycles. The number of Topliss-reactive ketones (excluding diaryl/α,β-unsaturated/α-hetero) is 1. The lowest BCUT2D eigenvalue weighted by atomic mass is 10.2. The van der Waals surface area contributed by atoms with Crippen molar-refractivity contribution in [1.82, 2.24) is 0 Å². The van der Waals surface area contributed by atoms with Crippen LogP contribution in [-0.2, 0) is 70.9 Å². The van der Waals surface area contributed by atoms with Crippen molar-refractivity contribution in [2.75, 3.05) is 145 Å². The Labute approximate surface area is 356 Å². The molecule has 0 aliphatic carbocycles. The van der Waals surface area contributed by atoms with Crippen molar-refractivity contribution < 1.29 is 76.0 Å². The molecular weight excluding hydrogens is 801 g/mol. The summed E-state index contributed by atoms with van der Waals surface area (Å²) in [5, 5.41) is 10.9. The first-order valence-electron chi connectivity index (χ1n) is 20.6. The van der Waals surface area contributed by atoms with Crippen molar-refractivity contribution in [2.24, 2.45) is 0 Å². The number of aliphatic carboxylic acids is 1. The molecule has 2 rings (SSSR count). The van der Waals surface area contributed by atoms with E-state index in [1.807, 2.05) is 12.1 Å². The summed E-state index contributed by atoms with van der Waals surface area (Å²) in [7, 11) is -2.55. The first-order chi connectivity index (χ1) is 29.2. The van der Waals surface area contributed by atoms with E-state index in [2.05, 4.69) is 69.3 Å². The summed E-state index contributed by atoms with van der Waals surface area (Å²) in [6.07, 6.45) is -0.665. The van der Waals surface area contributed by atoms with E-state index in [0.717, 1.165) is 0 Å². The molecule has 0 atom stereocenters. The highest BCUT2D eigenvalue weighted by molar-refractivity contribution is 6.99. The highest BCUT2D eigenvalue weighted by Crippen LogP contribution is 2.36. The van der Waals surface area contributed by atoms with Crippen LogP contribution in [0.25, 0.3) is 0 Å². The van der Waals surface area contributed by atoms with E-state index in [-0.39, 0.29) is 31.1 Å². The number of carboxylic acids is 1. The van der Waals surface area contributed by atoms with Crippen LogP contribution in [0.3, 0.4) is 0 Å². The van der Waals surface area contributed by atoms with Crippen molar-refractivity contribution in [3.8, 4) is 0 Å². The zero-order chi connectivity index (χ0) is 43.4. The van der Waals surface area contributed by atoms with Crippen molar-refractivity contribution in [1.29, 1.82) is 0 Å². The van der Waals surface area contributed by atoms with E-state index in [0.29, 0.717) is 132 Å². The summed E-state index contributed by atoms with van der Waals surface area (Å²) >= 11 is 0. The third-order valence-corrected chi connectivity index (χ3v) is 13.6. The first-order valence-corrected chi connectivity index (χ1v) is 22.5. The van der Waals surface area contributed by atoms with Crippen molar-refractivity contribution >= 4 is 36.4 Å². The molecule has 0 aliphatic heterocycles. The Morgan fingerprint density at radius 2 is 0.717 bits per heavy atom. The Morgan fingerprint density at radius 3 is 1.00 bits per heavy atom. The number of carboxylic acid groups (broad SMARTS) is 1. The van der Waals surface area contributed by atoms with Crippen LogP contribution >= 0.6 is 0 Å².